The van der Waals surface area contributed by atoms with Gasteiger partial charge in [-0.3, -0.25) is 0 Å². The van der Waals surface area contributed by atoms with Gasteiger partial charge in [-0.25, -0.2) is 0 Å². The highest BCUT2D eigenvalue weighted by molar-refractivity contribution is 14.1. The third-order valence-corrected chi connectivity index (χ3v) is 3.62. The SMILES string of the molecule is Cc1cc(-c2ccccc2I)cc(C)c1O. The number of benzene rings is 2. The maximum Gasteiger partial charge on any atom is 0.121 e. The fraction of sp³-hybridized carbons (Fsp3) is 0.143. The summed E-state index contributed by atoms with van der Waals surface area (Å²) in [5.74, 6) is 0.398. The number of halogens is 1. The number of phenols is 1. The molecule has 2 heteroatoms. The van der Waals surface area contributed by atoms with E-state index in [1.807, 2.05) is 38.1 Å². The Bertz CT molecular complexity index is 509. The molecule has 0 saturated carbocycles. The Kier molecular flexibility index (Phi) is 3.19. The maximum absolute atomic E-state index is 9.75. The molecule has 0 spiro atoms. The van der Waals surface area contributed by atoms with E-state index < -0.39 is 0 Å². The summed E-state index contributed by atoms with van der Waals surface area (Å²) >= 11 is 2.33. The summed E-state index contributed by atoms with van der Waals surface area (Å²) in [6, 6.07) is 12.3. The molecule has 0 aromatic heterocycles. The lowest BCUT2D eigenvalue weighted by atomic mass is 10.00. The maximum atomic E-state index is 9.75. The first kappa shape index (κ1) is 11.5. The minimum Gasteiger partial charge on any atom is -0.507 e. The van der Waals surface area contributed by atoms with Crippen LogP contribution in [0.25, 0.3) is 11.1 Å². The molecule has 82 valence electrons. The first-order valence-corrected chi connectivity index (χ1v) is 6.22. The molecule has 0 atom stereocenters. The standard InChI is InChI=1S/C14H13IO/c1-9-7-11(8-10(2)14(9)16)12-5-3-4-6-13(12)15/h3-8,16H,1-2H3. The Morgan fingerprint density at radius 1 is 1.00 bits per heavy atom. The topological polar surface area (TPSA) is 20.2 Å². The van der Waals surface area contributed by atoms with Crippen LogP contribution in [0.5, 0.6) is 5.75 Å². The summed E-state index contributed by atoms with van der Waals surface area (Å²) in [7, 11) is 0. The van der Waals surface area contributed by atoms with E-state index >= 15 is 0 Å². The van der Waals surface area contributed by atoms with Crippen LogP contribution in [0.4, 0.5) is 0 Å². The lowest BCUT2D eigenvalue weighted by Crippen LogP contribution is -1.87. The fourth-order valence-electron chi connectivity index (χ4n) is 1.81. The number of hydrogen-bond donors (Lipinski definition) is 1. The van der Waals surface area contributed by atoms with Gasteiger partial charge in [0.2, 0.25) is 0 Å². The first-order valence-electron chi connectivity index (χ1n) is 5.14. The third-order valence-electron chi connectivity index (χ3n) is 2.68. The molecule has 2 aromatic carbocycles. The van der Waals surface area contributed by atoms with E-state index in [1.54, 1.807) is 0 Å². The van der Waals surface area contributed by atoms with Crippen molar-refractivity contribution in [1.29, 1.82) is 0 Å². The molecule has 2 rings (SSSR count). The van der Waals surface area contributed by atoms with Gasteiger partial charge in [-0.2, -0.15) is 0 Å². The molecule has 0 radical (unpaired) electrons. The third kappa shape index (κ3) is 2.07. The van der Waals surface area contributed by atoms with Crippen LogP contribution >= 0.6 is 22.6 Å². The zero-order valence-electron chi connectivity index (χ0n) is 9.29. The molecule has 0 fully saturated rings. The summed E-state index contributed by atoms with van der Waals surface area (Å²) in [5, 5.41) is 9.75. The summed E-state index contributed by atoms with van der Waals surface area (Å²) < 4.78 is 1.23. The van der Waals surface area contributed by atoms with Gasteiger partial charge < -0.3 is 5.11 Å². The predicted octanol–water partition coefficient (Wildman–Crippen LogP) is 4.28. The smallest absolute Gasteiger partial charge is 0.121 e. The van der Waals surface area contributed by atoms with Gasteiger partial charge in [-0.15, -0.1) is 0 Å². The van der Waals surface area contributed by atoms with E-state index in [1.165, 1.54) is 9.13 Å². The van der Waals surface area contributed by atoms with Gasteiger partial charge in [0, 0.05) is 3.57 Å². The predicted molar refractivity (Wildman–Crippen MR) is 75.7 cm³/mol. The number of aryl methyl sites for hydroxylation is 2. The highest BCUT2D eigenvalue weighted by Crippen LogP contribution is 2.31. The van der Waals surface area contributed by atoms with Crippen LogP contribution in [0, 0.1) is 17.4 Å². The Hall–Kier alpha value is -1.03. The van der Waals surface area contributed by atoms with Crippen LogP contribution in [-0.2, 0) is 0 Å². The zero-order valence-corrected chi connectivity index (χ0v) is 11.4. The van der Waals surface area contributed by atoms with Crippen molar-refractivity contribution >= 4 is 22.6 Å². The molecule has 1 N–H and O–H groups in total. The summed E-state index contributed by atoms with van der Waals surface area (Å²) in [6.45, 7) is 3.86. The van der Waals surface area contributed by atoms with Crippen molar-refractivity contribution in [3.63, 3.8) is 0 Å². The quantitative estimate of drug-likeness (QED) is 0.776. The second-order valence-electron chi connectivity index (χ2n) is 3.94. The average Bonchev–Trinajstić information content (AvgIpc) is 2.26. The lowest BCUT2D eigenvalue weighted by molar-refractivity contribution is 0.467. The number of rotatable bonds is 1. The molecule has 0 bridgehead atoms. The lowest BCUT2D eigenvalue weighted by Gasteiger charge is -2.09. The number of phenolic OH excluding ortho intramolecular Hbond substituents is 1. The average molecular weight is 324 g/mol. The van der Waals surface area contributed by atoms with Crippen molar-refractivity contribution in [3.05, 3.63) is 51.1 Å². The molecule has 0 aliphatic rings. The first-order chi connectivity index (χ1) is 7.59. The van der Waals surface area contributed by atoms with E-state index in [9.17, 15) is 5.11 Å². The van der Waals surface area contributed by atoms with Gasteiger partial charge >= 0.3 is 0 Å². The Labute approximate surface area is 109 Å². The minimum absolute atomic E-state index is 0.398. The monoisotopic (exact) mass is 324 g/mol. The van der Waals surface area contributed by atoms with Crippen LogP contribution in [0.1, 0.15) is 11.1 Å². The summed E-state index contributed by atoms with van der Waals surface area (Å²) in [4.78, 5) is 0. The van der Waals surface area contributed by atoms with Crippen LogP contribution in [-0.4, -0.2) is 5.11 Å². The summed E-state index contributed by atoms with van der Waals surface area (Å²) in [5.41, 5.74) is 4.23. The summed E-state index contributed by atoms with van der Waals surface area (Å²) in [6.07, 6.45) is 0. The second kappa shape index (κ2) is 4.45. The molecule has 0 aliphatic carbocycles. The van der Waals surface area contributed by atoms with Crippen LogP contribution in [0.15, 0.2) is 36.4 Å². The zero-order chi connectivity index (χ0) is 11.7. The molecular formula is C14H13IO. The van der Waals surface area contributed by atoms with Gasteiger partial charge in [-0.1, -0.05) is 18.2 Å². The molecule has 0 unspecified atom stereocenters. The van der Waals surface area contributed by atoms with Crippen molar-refractivity contribution in [2.45, 2.75) is 13.8 Å². The van der Waals surface area contributed by atoms with Crippen molar-refractivity contribution in [2.75, 3.05) is 0 Å². The van der Waals surface area contributed by atoms with Crippen molar-refractivity contribution in [1.82, 2.24) is 0 Å². The highest BCUT2D eigenvalue weighted by atomic mass is 127. The van der Waals surface area contributed by atoms with E-state index in [0.717, 1.165) is 16.7 Å². The number of hydrogen-bond acceptors (Lipinski definition) is 1. The number of aromatic hydroxyl groups is 1. The molecule has 2 aromatic rings. The van der Waals surface area contributed by atoms with Crippen molar-refractivity contribution in [3.8, 4) is 16.9 Å². The molecule has 16 heavy (non-hydrogen) atoms. The van der Waals surface area contributed by atoms with Gasteiger partial charge in [0.05, 0.1) is 0 Å². The van der Waals surface area contributed by atoms with E-state index in [2.05, 4.69) is 34.7 Å². The second-order valence-corrected chi connectivity index (χ2v) is 5.10. The van der Waals surface area contributed by atoms with Gasteiger partial charge in [-0.05, 0) is 76.9 Å². The molecule has 1 nitrogen and oxygen atoms in total. The highest BCUT2D eigenvalue weighted by Gasteiger charge is 2.07. The molecule has 0 saturated heterocycles. The molecular weight excluding hydrogens is 311 g/mol. The van der Waals surface area contributed by atoms with E-state index in [0.29, 0.717) is 5.75 Å². The van der Waals surface area contributed by atoms with Crippen LogP contribution in [0.2, 0.25) is 0 Å². The van der Waals surface area contributed by atoms with Crippen molar-refractivity contribution in [2.24, 2.45) is 0 Å². The Morgan fingerprint density at radius 2 is 1.56 bits per heavy atom. The molecule has 0 aliphatic heterocycles. The van der Waals surface area contributed by atoms with Crippen molar-refractivity contribution < 1.29 is 5.11 Å². The van der Waals surface area contributed by atoms with Crippen LogP contribution in [0.3, 0.4) is 0 Å². The fourth-order valence-corrected chi connectivity index (χ4v) is 2.51. The Morgan fingerprint density at radius 3 is 2.12 bits per heavy atom. The normalized spacial score (nSPS) is 10.4. The molecule has 0 amide bonds. The van der Waals surface area contributed by atoms with E-state index in [-0.39, 0.29) is 0 Å². The van der Waals surface area contributed by atoms with Gasteiger partial charge in [0.1, 0.15) is 5.75 Å². The minimum atomic E-state index is 0.398. The van der Waals surface area contributed by atoms with E-state index in [4.69, 9.17) is 0 Å². The van der Waals surface area contributed by atoms with Gasteiger partial charge in [0.25, 0.3) is 0 Å². The van der Waals surface area contributed by atoms with Crippen LogP contribution < -0.4 is 0 Å². The Balaban J connectivity index is 2.62. The van der Waals surface area contributed by atoms with Gasteiger partial charge in [0.15, 0.2) is 0 Å². The molecule has 0 heterocycles. The largest absolute Gasteiger partial charge is 0.507 e.